The zero-order valence-corrected chi connectivity index (χ0v) is 17.9. The number of benzene rings is 1. The molecule has 0 bridgehead atoms. The Hall–Kier alpha value is -2.72. The molecular formula is C21H26ClN5O4. The van der Waals surface area contributed by atoms with Gasteiger partial charge in [0.15, 0.2) is 0 Å². The number of aromatic nitrogens is 1. The lowest BCUT2D eigenvalue weighted by molar-refractivity contribution is -0.0310. The molecule has 1 aliphatic rings. The van der Waals surface area contributed by atoms with Crippen molar-refractivity contribution in [2.45, 2.75) is 19.1 Å². The van der Waals surface area contributed by atoms with E-state index >= 15 is 0 Å². The molecule has 2 unspecified atom stereocenters. The largest absolute Gasteiger partial charge is 0.390 e. The van der Waals surface area contributed by atoms with Gasteiger partial charge in [0.25, 0.3) is 5.91 Å². The van der Waals surface area contributed by atoms with E-state index in [0.29, 0.717) is 35.2 Å². The second-order valence-electron chi connectivity index (χ2n) is 7.33. The minimum Gasteiger partial charge on any atom is -0.390 e. The van der Waals surface area contributed by atoms with Gasteiger partial charge in [-0.2, -0.15) is 0 Å². The third-order valence-corrected chi connectivity index (χ3v) is 4.87. The number of amides is 3. The maximum Gasteiger partial charge on any atom is 0.319 e. The molecule has 2 atom stereocenters. The van der Waals surface area contributed by atoms with Crippen LogP contribution in [-0.2, 0) is 4.74 Å². The number of anilines is 2. The predicted octanol–water partition coefficient (Wildman–Crippen LogP) is 2.19. The van der Waals surface area contributed by atoms with Crippen LogP contribution in [-0.4, -0.2) is 71.9 Å². The van der Waals surface area contributed by atoms with Crippen molar-refractivity contribution in [3.63, 3.8) is 0 Å². The number of aliphatic hydroxyl groups excluding tert-OH is 1. The van der Waals surface area contributed by atoms with Gasteiger partial charge in [-0.1, -0.05) is 17.7 Å². The Balaban J connectivity index is 1.46. The van der Waals surface area contributed by atoms with Gasteiger partial charge in [0, 0.05) is 43.6 Å². The normalized spacial score (nSPS) is 17.6. The van der Waals surface area contributed by atoms with Gasteiger partial charge in [-0.3, -0.25) is 9.69 Å². The summed E-state index contributed by atoms with van der Waals surface area (Å²) in [6, 6.07) is 9.26. The quantitative estimate of drug-likeness (QED) is 0.517. The molecule has 0 saturated carbocycles. The summed E-state index contributed by atoms with van der Waals surface area (Å²) in [5.74, 6) is 0.00296. The molecule has 1 aromatic carbocycles. The van der Waals surface area contributed by atoms with Crippen LogP contribution in [0.3, 0.4) is 0 Å². The van der Waals surface area contributed by atoms with Crippen LogP contribution in [0.5, 0.6) is 0 Å². The molecule has 2 heterocycles. The van der Waals surface area contributed by atoms with Crippen molar-refractivity contribution in [2.75, 3.05) is 43.4 Å². The standard InChI is InChI=1S/C21H26ClN5O4/c1-14-12-27(7-8-31-14)13-18(28)11-24-21(30)25-17-4-2-3-15(9-17)20(29)26-19-6-5-16(22)10-23-19/h2-6,9-10,14,18,28H,7-8,11-13H2,1H3,(H,23,26,29)(H2,24,25,30). The first kappa shape index (κ1) is 23.0. The first-order valence-electron chi connectivity index (χ1n) is 9.99. The number of rotatable bonds is 7. The lowest BCUT2D eigenvalue weighted by atomic mass is 10.2. The molecule has 3 amide bonds. The van der Waals surface area contributed by atoms with Crippen LogP contribution in [0.2, 0.25) is 5.02 Å². The molecular weight excluding hydrogens is 422 g/mol. The van der Waals surface area contributed by atoms with Gasteiger partial charge >= 0.3 is 6.03 Å². The maximum absolute atomic E-state index is 12.4. The van der Waals surface area contributed by atoms with E-state index in [9.17, 15) is 14.7 Å². The van der Waals surface area contributed by atoms with Crippen LogP contribution >= 0.6 is 11.6 Å². The van der Waals surface area contributed by atoms with E-state index < -0.39 is 12.1 Å². The summed E-state index contributed by atoms with van der Waals surface area (Å²) < 4.78 is 5.48. The van der Waals surface area contributed by atoms with Crippen LogP contribution in [0.25, 0.3) is 0 Å². The van der Waals surface area contributed by atoms with E-state index in [2.05, 4.69) is 25.8 Å². The topological polar surface area (TPSA) is 116 Å². The first-order valence-corrected chi connectivity index (χ1v) is 10.4. The van der Waals surface area contributed by atoms with Crippen molar-refractivity contribution in [3.8, 4) is 0 Å². The number of morpholine rings is 1. The van der Waals surface area contributed by atoms with Crippen LogP contribution < -0.4 is 16.0 Å². The minimum atomic E-state index is -0.694. The average molecular weight is 448 g/mol. The van der Waals surface area contributed by atoms with Crippen LogP contribution in [0.4, 0.5) is 16.3 Å². The number of pyridine rings is 1. The molecule has 10 heteroatoms. The second kappa shape index (κ2) is 11.1. The number of nitrogens with one attached hydrogen (secondary N) is 3. The highest BCUT2D eigenvalue weighted by Gasteiger charge is 2.19. The van der Waals surface area contributed by atoms with Crippen LogP contribution in [0.15, 0.2) is 42.6 Å². The highest BCUT2D eigenvalue weighted by Crippen LogP contribution is 2.14. The van der Waals surface area contributed by atoms with E-state index in [1.807, 2.05) is 6.92 Å². The monoisotopic (exact) mass is 447 g/mol. The molecule has 3 rings (SSSR count). The Morgan fingerprint density at radius 3 is 2.90 bits per heavy atom. The fourth-order valence-corrected chi connectivity index (χ4v) is 3.29. The van der Waals surface area contributed by atoms with E-state index in [1.165, 1.54) is 6.20 Å². The van der Waals surface area contributed by atoms with Crippen molar-refractivity contribution in [1.29, 1.82) is 0 Å². The van der Waals surface area contributed by atoms with Gasteiger partial charge in [-0.25, -0.2) is 9.78 Å². The fraction of sp³-hybridized carbons (Fsp3) is 0.381. The van der Waals surface area contributed by atoms with Gasteiger partial charge in [0.1, 0.15) is 5.82 Å². The zero-order chi connectivity index (χ0) is 22.2. The third kappa shape index (κ3) is 7.48. The summed E-state index contributed by atoms with van der Waals surface area (Å²) in [4.78, 5) is 30.7. The molecule has 9 nitrogen and oxygen atoms in total. The van der Waals surface area contributed by atoms with Gasteiger partial charge in [-0.15, -0.1) is 0 Å². The Morgan fingerprint density at radius 2 is 2.16 bits per heavy atom. The number of ether oxygens (including phenoxy) is 1. The van der Waals surface area contributed by atoms with Crippen molar-refractivity contribution < 1.29 is 19.4 Å². The van der Waals surface area contributed by atoms with Gasteiger partial charge in [0.2, 0.25) is 0 Å². The molecule has 2 aromatic rings. The molecule has 1 fully saturated rings. The second-order valence-corrected chi connectivity index (χ2v) is 7.76. The van der Waals surface area contributed by atoms with Gasteiger partial charge < -0.3 is 25.8 Å². The zero-order valence-electron chi connectivity index (χ0n) is 17.2. The Labute approximate surface area is 185 Å². The highest BCUT2D eigenvalue weighted by atomic mass is 35.5. The molecule has 1 aromatic heterocycles. The summed E-state index contributed by atoms with van der Waals surface area (Å²) >= 11 is 5.79. The predicted molar refractivity (Wildman–Crippen MR) is 119 cm³/mol. The number of β-amino-alcohol motifs (C(OH)–C–C–N with tert-alkyl or cyclic N) is 1. The van der Waals surface area contributed by atoms with Crippen molar-refractivity contribution in [3.05, 3.63) is 53.2 Å². The van der Waals surface area contributed by atoms with E-state index in [-0.39, 0.29) is 18.6 Å². The summed E-state index contributed by atoms with van der Waals surface area (Å²) in [5.41, 5.74) is 0.807. The number of hydrogen-bond acceptors (Lipinski definition) is 6. The Morgan fingerprint density at radius 1 is 1.32 bits per heavy atom. The number of aliphatic hydroxyl groups is 1. The molecule has 0 radical (unpaired) electrons. The molecule has 1 aliphatic heterocycles. The molecule has 0 spiro atoms. The lowest BCUT2D eigenvalue weighted by Crippen LogP contribution is -2.47. The van der Waals surface area contributed by atoms with Crippen molar-refractivity contribution >= 4 is 35.0 Å². The van der Waals surface area contributed by atoms with Crippen LogP contribution in [0, 0.1) is 0 Å². The highest BCUT2D eigenvalue weighted by molar-refractivity contribution is 6.30. The minimum absolute atomic E-state index is 0.111. The number of carbonyl (C=O) groups excluding carboxylic acids is 2. The Kier molecular flexibility index (Phi) is 8.19. The summed E-state index contributed by atoms with van der Waals surface area (Å²) in [5, 5.41) is 18.6. The molecule has 166 valence electrons. The summed E-state index contributed by atoms with van der Waals surface area (Å²) in [7, 11) is 0. The van der Waals surface area contributed by atoms with Gasteiger partial charge in [-0.05, 0) is 37.3 Å². The van der Waals surface area contributed by atoms with Crippen LogP contribution in [0.1, 0.15) is 17.3 Å². The maximum atomic E-state index is 12.4. The average Bonchev–Trinajstić information content (AvgIpc) is 2.74. The fourth-order valence-electron chi connectivity index (χ4n) is 3.18. The number of halogens is 1. The Bertz CT molecular complexity index is 896. The van der Waals surface area contributed by atoms with E-state index in [1.54, 1.807) is 36.4 Å². The third-order valence-electron chi connectivity index (χ3n) is 4.64. The number of hydrogen-bond donors (Lipinski definition) is 4. The molecule has 31 heavy (non-hydrogen) atoms. The number of carbonyl (C=O) groups is 2. The first-order chi connectivity index (χ1) is 14.9. The van der Waals surface area contributed by atoms with E-state index in [0.717, 1.165) is 13.1 Å². The summed E-state index contributed by atoms with van der Waals surface area (Å²) in [6.45, 7) is 4.71. The number of urea groups is 1. The van der Waals surface area contributed by atoms with Crippen molar-refractivity contribution in [1.82, 2.24) is 15.2 Å². The van der Waals surface area contributed by atoms with Crippen molar-refractivity contribution in [2.24, 2.45) is 0 Å². The molecule has 4 N–H and O–H groups in total. The number of nitrogens with zero attached hydrogens (tertiary/aromatic N) is 2. The summed E-state index contributed by atoms with van der Waals surface area (Å²) in [6.07, 6.45) is 0.880. The lowest BCUT2D eigenvalue weighted by Gasteiger charge is -2.32. The van der Waals surface area contributed by atoms with E-state index in [4.69, 9.17) is 16.3 Å². The molecule has 0 aliphatic carbocycles. The SMILES string of the molecule is CC1CN(CC(O)CNC(=O)Nc2cccc(C(=O)Nc3ccc(Cl)cn3)c2)CCO1. The molecule has 1 saturated heterocycles. The van der Waals surface area contributed by atoms with Gasteiger partial charge in [0.05, 0.1) is 23.8 Å². The smallest absolute Gasteiger partial charge is 0.319 e.